The van der Waals surface area contributed by atoms with Crippen molar-refractivity contribution in [2.45, 2.75) is 19.4 Å². The number of anilines is 1. The molecule has 0 aliphatic rings. The summed E-state index contributed by atoms with van der Waals surface area (Å²) in [6.45, 7) is 2.15. The van der Waals surface area contributed by atoms with Gasteiger partial charge in [0.05, 0.1) is 10.5 Å². The fourth-order valence-corrected chi connectivity index (χ4v) is 2.47. The lowest BCUT2D eigenvalue weighted by Crippen LogP contribution is -2.10. The van der Waals surface area contributed by atoms with Crippen LogP contribution in [-0.4, -0.2) is 9.97 Å². The second kappa shape index (κ2) is 5.41. The zero-order chi connectivity index (χ0) is 11.4. The third-order valence-corrected chi connectivity index (χ3v) is 3.61. The molecule has 84 valence electrons. The number of aromatic nitrogens is 2. The summed E-state index contributed by atoms with van der Waals surface area (Å²) < 4.78 is 0.891. The highest BCUT2D eigenvalue weighted by Gasteiger charge is 2.10. The summed E-state index contributed by atoms with van der Waals surface area (Å²) >= 11 is 5.07. The molecular weight excluding hydrogens is 286 g/mol. The Hall–Kier alpha value is -0.940. The molecule has 0 fully saturated rings. The lowest BCUT2D eigenvalue weighted by atomic mass is 10.2. The number of hydrogen-bond donors (Lipinski definition) is 1. The molecule has 2 heterocycles. The van der Waals surface area contributed by atoms with Crippen LogP contribution in [0.25, 0.3) is 0 Å². The van der Waals surface area contributed by atoms with Crippen LogP contribution < -0.4 is 5.32 Å². The molecule has 1 atom stereocenters. The van der Waals surface area contributed by atoms with Crippen molar-refractivity contribution >= 4 is 33.2 Å². The predicted molar refractivity (Wildman–Crippen MR) is 70.7 cm³/mol. The molecule has 0 saturated heterocycles. The Morgan fingerprint density at radius 1 is 1.44 bits per heavy atom. The standard InChI is InChI=1S/C11H12BrN3S/c1-2-9(10-4-3-5-16-10)15-11-13-6-8(12)7-14-11/h3-7,9H,2H2,1H3,(H,13,14,15). The van der Waals surface area contributed by atoms with E-state index in [9.17, 15) is 0 Å². The van der Waals surface area contributed by atoms with E-state index >= 15 is 0 Å². The van der Waals surface area contributed by atoms with Crippen molar-refractivity contribution < 1.29 is 0 Å². The van der Waals surface area contributed by atoms with Crippen molar-refractivity contribution in [3.05, 3.63) is 39.3 Å². The van der Waals surface area contributed by atoms with Crippen LogP contribution in [0.1, 0.15) is 24.3 Å². The van der Waals surface area contributed by atoms with Gasteiger partial charge in [-0.1, -0.05) is 13.0 Å². The molecule has 2 rings (SSSR count). The van der Waals surface area contributed by atoms with Crippen molar-refractivity contribution in [1.82, 2.24) is 9.97 Å². The van der Waals surface area contributed by atoms with E-state index < -0.39 is 0 Å². The predicted octanol–water partition coefficient (Wildman–Crippen LogP) is 3.86. The number of nitrogens with one attached hydrogen (secondary N) is 1. The first-order valence-corrected chi connectivity index (χ1v) is 6.74. The third kappa shape index (κ3) is 2.80. The summed E-state index contributed by atoms with van der Waals surface area (Å²) in [6, 6.07) is 4.48. The second-order valence-corrected chi connectivity index (χ2v) is 5.24. The molecule has 0 saturated carbocycles. The molecule has 2 aromatic rings. The highest BCUT2D eigenvalue weighted by atomic mass is 79.9. The van der Waals surface area contributed by atoms with Crippen LogP contribution in [0.2, 0.25) is 0 Å². The van der Waals surface area contributed by atoms with Crippen molar-refractivity contribution in [3.8, 4) is 0 Å². The summed E-state index contributed by atoms with van der Waals surface area (Å²) in [5.74, 6) is 0.670. The van der Waals surface area contributed by atoms with Gasteiger partial charge >= 0.3 is 0 Å². The van der Waals surface area contributed by atoms with Gasteiger partial charge in [-0.15, -0.1) is 11.3 Å². The fourth-order valence-electron chi connectivity index (χ4n) is 1.41. The summed E-state index contributed by atoms with van der Waals surface area (Å²) in [6.07, 6.45) is 4.51. The average Bonchev–Trinajstić information content (AvgIpc) is 2.82. The van der Waals surface area contributed by atoms with Crippen molar-refractivity contribution in [2.75, 3.05) is 5.32 Å². The minimum Gasteiger partial charge on any atom is -0.347 e. The van der Waals surface area contributed by atoms with Gasteiger partial charge in [-0.05, 0) is 33.8 Å². The maximum Gasteiger partial charge on any atom is 0.223 e. The second-order valence-electron chi connectivity index (χ2n) is 3.35. The van der Waals surface area contributed by atoms with Crippen LogP contribution in [0.15, 0.2) is 34.4 Å². The van der Waals surface area contributed by atoms with E-state index in [1.165, 1.54) is 4.88 Å². The maximum atomic E-state index is 4.21. The molecule has 16 heavy (non-hydrogen) atoms. The quantitative estimate of drug-likeness (QED) is 0.931. The number of nitrogens with zero attached hydrogens (tertiary/aromatic N) is 2. The number of thiophene rings is 1. The van der Waals surface area contributed by atoms with E-state index in [1.807, 2.05) is 0 Å². The lowest BCUT2D eigenvalue weighted by Gasteiger charge is -2.14. The van der Waals surface area contributed by atoms with E-state index in [2.05, 4.69) is 55.7 Å². The summed E-state index contributed by atoms with van der Waals surface area (Å²) in [7, 11) is 0. The van der Waals surface area contributed by atoms with E-state index in [4.69, 9.17) is 0 Å². The molecule has 0 aromatic carbocycles. The number of halogens is 1. The van der Waals surface area contributed by atoms with Crippen LogP contribution in [-0.2, 0) is 0 Å². The molecule has 0 amide bonds. The highest BCUT2D eigenvalue weighted by molar-refractivity contribution is 9.10. The van der Waals surface area contributed by atoms with Gasteiger partial charge in [0.2, 0.25) is 5.95 Å². The lowest BCUT2D eigenvalue weighted by molar-refractivity contribution is 0.752. The van der Waals surface area contributed by atoms with Crippen LogP contribution in [0, 0.1) is 0 Å². The van der Waals surface area contributed by atoms with Crippen LogP contribution in [0.5, 0.6) is 0 Å². The Morgan fingerprint density at radius 2 is 2.19 bits per heavy atom. The first kappa shape index (κ1) is 11.5. The molecule has 2 aromatic heterocycles. The monoisotopic (exact) mass is 297 g/mol. The normalized spacial score (nSPS) is 12.4. The summed E-state index contributed by atoms with van der Waals surface area (Å²) in [5.41, 5.74) is 0. The SMILES string of the molecule is CCC(Nc1ncc(Br)cn1)c1cccs1. The van der Waals surface area contributed by atoms with Gasteiger partial charge < -0.3 is 5.32 Å². The molecule has 0 aliphatic carbocycles. The van der Waals surface area contributed by atoms with Crippen molar-refractivity contribution in [1.29, 1.82) is 0 Å². The minimum absolute atomic E-state index is 0.293. The van der Waals surface area contributed by atoms with Gasteiger partial charge in [0.15, 0.2) is 0 Å². The molecular formula is C11H12BrN3S. The van der Waals surface area contributed by atoms with Gasteiger partial charge in [-0.25, -0.2) is 9.97 Å². The molecule has 0 bridgehead atoms. The van der Waals surface area contributed by atoms with Gasteiger partial charge in [0.1, 0.15) is 0 Å². The molecule has 5 heteroatoms. The minimum atomic E-state index is 0.293. The Kier molecular flexibility index (Phi) is 3.90. The Labute approximate surface area is 107 Å². The number of hydrogen-bond acceptors (Lipinski definition) is 4. The molecule has 0 aliphatic heterocycles. The van der Waals surface area contributed by atoms with Gasteiger partial charge in [0.25, 0.3) is 0 Å². The van der Waals surface area contributed by atoms with E-state index in [0.717, 1.165) is 10.9 Å². The Balaban J connectivity index is 2.10. The van der Waals surface area contributed by atoms with E-state index in [1.54, 1.807) is 23.7 Å². The van der Waals surface area contributed by atoms with E-state index in [-0.39, 0.29) is 0 Å². The largest absolute Gasteiger partial charge is 0.347 e. The van der Waals surface area contributed by atoms with Crippen molar-refractivity contribution in [3.63, 3.8) is 0 Å². The van der Waals surface area contributed by atoms with Crippen molar-refractivity contribution in [2.24, 2.45) is 0 Å². The van der Waals surface area contributed by atoms with E-state index in [0.29, 0.717) is 12.0 Å². The molecule has 0 spiro atoms. The summed E-state index contributed by atoms with van der Waals surface area (Å²) in [4.78, 5) is 9.74. The molecule has 1 unspecified atom stereocenters. The Morgan fingerprint density at radius 3 is 2.75 bits per heavy atom. The smallest absolute Gasteiger partial charge is 0.223 e. The zero-order valence-corrected chi connectivity index (χ0v) is 11.3. The zero-order valence-electron chi connectivity index (χ0n) is 8.85. The third-order valence-electron chi connectivity index (χ3n) is 2.22. The average molecular weight is 298 g/mol. The topological polar surface area (TPSA) is 37.8 Å². The van der Waals surface area contributed by atoms with Gasteiger partial charge in [-0.2, -0.15) is 0 Å². The number of rotatable bonds is 4. The first-order chi connectivity index (χ1) is 7.79. The van der Waals surface area contributed by atoms with Crippen LogP contribution >= 0.6 is 27.3 Å². The first-order valence-electron chi connectivity index (χ1n) is 5.07. The van der Waals surface area contributed by atoms with Crippen LogP contribution in [0.3, 0.4) is 0 Å². The van der Waals surface area contributed by atoms with Gasteiger partial charge in [0, 0.05) is 17.3 Å². The van der Waals surface area contributed by atoms with Crippen LogP contribution in [0.4, 0.5) is 5.95 Å². The molecule has 1 N–H and O–H groups in total. The maximum absolute atomic E-state index is 4.21. The summed E-state index contributed by atoms with van der Waals surface area (Å²) in [5, 5.41) is 5.41. The molecule has 0 radical (unpaired) electrons. The molecule has 3 nitrogen and oxygen atoms in total. The van der Waals surface area contributed by atoms with Gasteiger partial charge in [-0.3, -0.25) is 0 Å². The highest BCUT2D eigenvalue weighted by Crippen LogP contribution is 2.24. The fraction of sp³-hybridized carbons (Fsp3) is 0.273. The Bertz CT molecular complexity index is 427.